The molecular formula is C17H23FN4O. The van der Waals surface area contributed by atoms with Crippen LogP contribution in [-0.4, -0.2) is 28.7 Å². The predicted octanol–water partition coefficient (Wildman–Crippen LogP) is 2.63. The molecule has 2 aromatic rings. The first kappa shape index (κ1) is 17.0. The lowest BCUT2D eigenvalue weighted by molar-refractivity contribution is 0.241. The van der Waals surface area contributed by atoms with Gasteiger partial charge < -0.3 is 15.2 Å². The lowest BCUT2D eigenvalue weighted by atomic mass is 10.2. The predicted molar refractivity (Wildman–Crippen MR) is 87.9 cm³/mol. The zero-order valence-corrected chi connectivity index (χ0v) is 13.6. The van der Waals surface area contributed by atoms with Gasteiger partial charge in [-0.1, -0.05) is 19.1 Å². The lowest BCUT2D eigenvalue weighted by Gasteiger charge is -2.11. The first-order valence-corrected chi connectivity index (χ1v) is 7.87. The van der Waals surface area contributed by atoms with Crippen molar-refractivity contribution >= 4 is 6.03 Å². The molecule has 0 atom stereocenters. The van der Waals surface area contributed by atoms with E-state index in [1.807, 2.05) is 20.0 Å². The fraction of sp³-hybridized carbons (Fsp3) is 0.412. The van der Waals surface area contributed by atoms with Gasteiger partial charge in [-0.2, -0.15) is 0 Å². The lowest BCUT2D eigenvalue weighted by Crippen LogP contribution is -2.37. The van der Waals surface area contributed by atoms with Crippen LogP contribution in [0.15, 0.2) is 30.5 Å². The summed E-state index contributed by atoms with van der Waals surface area (Å²) in [7, 11) is 0. The van der Waals surface area contributed by atoms with E-state index in [0.29, 0.717) is 26.1 Å². The van der Waals surface area contributed by atoms with E-state index in [9.17, 15) is 9.18 Å². The maximum Gasteiger partial charge on any atom is 0.314 e. The zero-order chi connectivity index (χ0) is 16.7. The molecule has 2 rings (SSSR count). The highest BCUT2D eigenvalue weighted by Crippen LogP contribution is 2.11. The van der Waals surface area contributed by atoms with Crippen LogP contribution in [0.4, 0.5) is 9.18 Å². The number of benzene rings is 1. The van der Waals surface area contributed by atoms with E-state index in [-0.39, 0.29) is 11.8 Å². The van der Waals surface area contributed by atoms with Gasteiger partial charge >= 0.3 is 6.03 Å². The van der Waals surface area contributed by atoms with Gasteiger partial charge in [0.2, 0.25) is 0 Å². The summed E-state index contributed by atoms with van der Waals surface area (Å²) in [6.07, 6.45) is 3.37. The number of carbonyl (C=O) groups excluding carboxylic acids is 1. The monoisotopic (exact) mass is 318 g/mol. The highest BCUT2D eigenvalue weighted by molar-refractivity contribution is 5.73. The molecule has 0 spiro atoms. The van der Waals surface area contributed by atoms with Gasteiger partial charge in [-0.25, -0.2) is 14.2 Å². The van der Waals surface area contributed by atoms with Gasteiger partial charge in [-0.05, 0) is 31.0 Å². The molecule has 6 heteroatoms. The Bertz CT molecular complexity index is 637. The second kappa shape index (κ2) is 8.31. The molecule has 0 fully saturated rings. The minimum absolute atomic E-state index is 0.153. The minimum Gasteiger partial charge on any atom is -0.338 e. The van der Waals surface area contributed by atoms with Crippen molar-refractivity contribution in [2.45, 2.75) is 33.2 Å². The van der Waals surface area contributed by atoms with Gasteiger partial charge in [0.15, 0.2) is 0 Å². The Balaban J connectivity index is 1.93. The van der Waals surface area contributed by atoms with Crippen molar-refractivity contribution in [2.75, 3.05) is 13.1 Å². The third kappa shape index (κ3) is 5.09. The highest BCUT2D eigenvalue weighted by atomic mass is 19.1. The number of aromatic nitrogens is 2. The van der Waals surface area contributed by atoms with Crippen LogP contribution in [0, 0.1) is 12.7 Å². The van der Waals surface area contributed by atoms with E-state index in [2.05, 4.69) is 20.2 Å². The average molecular weight is 318 g/mol. The molecule has 0 saturated heterocycles. The van der Waals surface area contributed by atoms with Crippen molar-refractivity contribution in [3.05, 3.63) is 53.4 Å². The number of carbonyl (C=O) groups is 1. The van der Waals surface area contributed by atoms with E-state index < -0.39 is 0 Å². The summed E-state index contributed by atoms with van der Waals surface area (Å²) in [5.41, 5.74) is 2.06. The molecule has 0 aliphatic carbocycles. The smallest absolute Gasteiger partial charge is 0.314 e. The minimum atomic E-state index is -0.237. The fourth-order valence-electron chi connectivity index (χ4n) is 2.29. The molecule has 0 aliphatic rings. The van der Waals surface area contributed by atoms with Gasteiger partial charge in [-0.15, -0.1) is 0 Å². The maximum absolute atomic E-state index is 13.0. The van der Waals surface area contributed by atoms with Gasteiger partial charge in [0.25, 0.3) is 0 Å². The molecule has 124 valence electrons. The molecule has 2 amide bonds. The molecule has 0 aliphatic heterocycles. The molecule has 1 heterocycles. The fourth-order valence-corrected chi connectivity index (χ4v) is 2.29. The Morgan fingerprint density at radius 2 is 1.91 bits per heavy atom. The molecule has 0 bridgehead atoms. The summed E-state index contributed by atoms with van der Waals surface area (Å²) in [4.78, 5) is 15.9. The Kier molecular flexibility index (Phi) is 6.14. The summed E-state index contributed by atoms with van der Waals surface area (Å²) in [6.45, 7) is 5.83. The van der Waals surface area contributed by atoms with E-state index >= 15 is 0 Å². The molecule has 5 nitrogen and oxygen atoms in total. The second-order valence-electron chi connectivity index (χ2n) is 5.46. The van der Waals surface area contributed by atoms with E-state index in [1.165, 1.54) is 12.1 Å². The Hall–Kier alpha value is -2.37. The summed E-state index contributed by atoms with van der Waals surface area (Å²) >= 11 is 0. The third-order valence-corrected chi connectivity index (χ3v) is 3.56. The van der Waals surface area contributed by atoms with Gasteiger partial charge in [0.05, 0.1) is 0 Å². The van der Waals surface area contributed by atoms with Gasteiger partial charge in [0.1, 0.15) is 11.6 Å². The number of nitrogens with zero attached hydrogens (tertiary/aromatic N) is 2. The molecule has 2 N–H and O–H groups in total. The van der Waals surface area contributed by atoms with Crippen LogP contribution in [0.25, 0.3) is 0 Å². The number of hydrogen-bond donors (Lipinski definition) is 2. The summed E-state index contributed by atoms with van der Waals surface area (Å²) < 4.78 is 15.1. The van der Waals surface area contributed by atoms with E-state index in [4.69, 9.17) is 0 Å². The van der Waals surface area contributed by atoms with Gasteiger partial charge in [0, 0.05) is 37.9 Å². The quantitative estimate of drug-likeness (QED) is 0.824. The number of aryl methyl sites for hydroxylation is 1. The molecule has 1 aromatic carbocycles. The second-order valence-corrected chi connectivity index (χ2v) is 5.46. The van der Waals surface area contributed by atoms with Crippen molar-refractivity contribution in [3.63, 3.8) is 0 Å². The van der Waals surface area contributed by atoms with Crippen molar-refractivity contribution in [1.82, 2.24) is 20.2 Å². The maximum atomic E-state index is 13.0. The normalized spacial score (nSPS) is 10.6. The molecule has 0 saturated carbocycles. The largest absolute Gasteiger partial charge is 0.338 e. The Morgan fingerprint density at radius 3 is 2.61 bits per heavy atom. The number of nitrogens with one attached hydrogen (secondary N) is 2. The SMILES string of the molecule is CCCNC(=O)NCCc1ncc(C)n1Cc1ccc(F)cc1. The highest BCUT2D eigenvalue weighted by Gasteiger charge is 2.08. The topological polar surface area (TPSA) is 59.0 Å². The van der Waals surface area contributed by atoms with Crippen molar-refractivity contribution in [1.29, 1.82) is 0 Å². The van der Waals surface area contributed by atoms with Crippen LogP contribution >= 0.6 is 0 Å². The standard InChI is InChI=1S/C17H23FN4O/c1-3-9-19-17(23)20-10-8-16-21-11-13(2)22(16)12-14-4-6-15(18)7-5-14/h4-7,11H,3,8-10,12H2,1-2H3,(H2,19,20,23). The first-order valence-electron chi connectivity index (χ1n) is 7.87. The van der Waals surface area contributed by atoms with Crippen LogP contribution in [0.2, 0.25) is 0 Å². The van der Waals surface area contributed by atoms with Crippen LogP contribution in [0.5, 0.6) is 0 Å². The zero-order valence-electron chi connectivity index (χ0n) is 13.6. The number of hydrogen-bond acceptors (Lipinski definition) is 2. The number of imidazole rings is 1. The van der Waals surface area contributed by atoms with Crippen LogP contribution in [0.1, 0.15) is 30.4 Å². The molecule has 1 aromatic heterocycles. The van der Waals surface area contributed by atoms with E-state index in [1.54, 1.807) is 12.1 Å². The Labute approximate surface area is 135 Å². The first-order chi connectivity index (χ1) is 11.1. The van der Waals surface area contributed by atoms with Crippen LogP contribution in [-0.2, 0) is 13.0 Å². The Morgan fingerprint density at radius 1 is 1.22 bits per heavy atom. The number of amides is 2. The molecule has 0 unspecified atom stereocenters. The summed E-state index contributed by atoms with van der Waals surface area (Å²) in [5.74, 6) is 0.668. The summed E-state index contributed by atoms with van der Waals surface area (Å²) in [6, 6.07) is 6.31. The van der Waals surface area contributed by atoms with Crippen molar-refractivity contribution < 1.29 is 9.18 Å². The average Bonchev–Trinajstić information content (AvgIpc) is 2.88. The van der Waals surface area contributed by atoms with Crippen LogP contribution in [0.3, 0.4) is 0 Å². The molecular weight excluding hydrogens is 295 g/mol. The summed E-state index contributed by atoms with van der Waals surface area (Å²) in [5, 5.41) is 5.59. The van der Waals surface area contributed by atoms with Crippen molar-refractivity contribution in [2.24, 2.45) is 0 Å². The number of halogens is 1. The van der Waals surface area contributed by atoms with E-state index in [0.717, 1.165) is 23.5 Å². The van der Waals surface area contributed by atoms with Gasteiger partial charge in [-0.3, -0.25) is 0 Å². The van der Waals surface area contributed by atoms with Crippen molar-refractivity contribution in [3.8, 4) is 0 Å². The molecule has 0 radical (unpaired) electrons. The molecule has 23 heavy (non-hydrogen) atoms. The number of rotatable bonds is 7. The van der Waals surface area contributed by atoms with Crippen LogP contribution < -0.4 is 10.6 Å². The number of urea groups is 1. The third-order valence-electron chi connectivity index (χ3n) is 3.56.